The molecule has 1 aromatic heterocycles. The molecule has 2 rings (SSSR count). The van der Waals surface area contributed by atoms with Crippen molar-refractivity contribution in [3.05, 3.63) is 47.1 Å². The summed E-state index contributed by atoms with van der Waals surface area (Å²) in [6.07, 6.45) is 0. The molecule has 1 atom stereocenters. The van der Waals surface area contributed by atoms with Crippen LogP contribution in [-0.4, -0.2) is 6.54 Å². The van der Waals surface area contributed by atoms with Gasteiger partial charge in [0.25, 0.3) is 0 Å². The Kier molecular flexibility index (Phi) is 3.92. The number of hydrogen-bond donors (Lipinski definition) is 1. The molecule has 0 saturated carbocycles. The van der Waals surface area contributed by atoms with Crippen molar-refractivity contribution in [3.63, 3.8) is 0 Å². The van der Waals surface area contributed by atoms with E-state index in [-0.39, 0.29) is 5.82 Å². The van der Waals surface area contributed by atoms with Crippen LogP contribution in [0.25, 0.3) is 10.4 Å². The molecule has 0 amide bonds. The van der Waals surface area contributed by atoms with Gasteiger partial charge in [0.15, 0.2) is 0 Å². The zero-order chi connectivity index (χ0) is 12.3. The van der Waals surface area contributed by atoms with Gasteiger partial charge in [-0.3, -0.25) is 0 Å². The summed E-state index contributed by atoms with van der Waals surface area (Å²) in [5.74, 6) is -0.156. The predicted octanol–water partition coefficient (Wildman–Crippen LogP) is 4.22. The summed E-state index contributed by atoms with van der Waals surface area (Å²) < 4.78 is 13.6. The summed E-state index contributed by atoms with van der Waals surface area (Å²) in [4.78, 5) is 2.23. The average molecular weight is 249 g/mol. The second kappa shape index (κ2) is 5.43. The molecule has 90 valence electrons. The maximum Gasteiger partial charge on any atom is 0.131 e. The number of nitrogens with one attached hydrogen (secondary N) is 1. The molecule has 1 unspecified atom stereocenters. The first-order chi connectivity index (χ1) is 8.22. The van der Waals surface area contributed by atoms with Crippen molar-refractivity contribution in [2.75, 3.05) is 6.54 Å². The number of halogens is 1. The van der Waals surface area contributed by atoms with Crippen LogP contribution in [0.3, 0.4) is 0 Å². The van der Waals surface area contributed by atoms with Crippen LogP contribution in [0.1, 0.15) is 24.8 Å². The van der Waals surface area contributed by atoms with Crippen LogP contribution in [0.4, 0.5) is 4.39 Å². The molecule has 1 heterocycles. The van der Waals surface area contributed by atoms with Crippen molar-refractivity contribution in [1.29, 1.82) is 0 Å². The van der Waals surface area contributed by atoms with Gasteiger partial charge in [0.2, 0.25) is 0 Å². The van der Waals surface area contributed by atoms with E-state index in [4.69, 9.17) is 0 Å². The fourth-order valence-electron chi connectivity index (χ4n) is 1.80. The molecule has 1 aromatic carbocycles. The van der Waals surface area contributed by atoms with Gasteiger partial charge in [0.05, 0.1) is 0 Å². The molecule has 0 aliphatic rings. The number of hydrogen-bond acceptors (Lipinski definition) is 2. The Hall–Kier alpha value is -1.19. The van der Waals surface area contributed by atoms with Gasteiger partial charge in [-0.05, 0) is 31.7 Å². The third-order valence-corrected chi connectivity index (χ3v) is 4.00. The molecule has 1 N–H and O–H groups in total. The maximum atomic E-state index is 13.6. The summed E-state index contributed by atoms with van der Waals surface area (Å²) in [7, 11) is 0. The lowest BCUT2D eigenvalue weighted by Gasteiger charge is -2.09. The van der Waals surface area contributed by atoms with Gasteiger partial charge in [0, 0.05) is 21.4 Å². The van der Waals surface area contributed by atoms with Crippen molar-refractivity contribution in [2.24, 2.45) is 0 Å². The normalized spacial score (nSPS) is 12.6. The monoisotopic (exact) mass is 249 g/mol. The molecule has 0 spiro atoms. The second-order valence-corrected chi connectivity index (χ2v) is 5.08. The van der Waals surface area contributed by atoms with E-state index in [0.717, 1.165) is 11.4 Å². The van der Waals surface area contributed by atoms with Gasteiger partial charge >= 0.3 is 0 Å². The van der Waals surface area contributed by atoms with Gasteiger partial charge in [0.1, 0.15) is 5.82 Å². The maximum absolute atomic E-state index is 13.6. The van der Waals surface area contributed by atoms with Crippen LogP contribution in [0, 0.1) is 5.82 Å². The lowest BCUT2D eigenvalue weighted by Crippen LogP contribution is -2.16. The van der Waals surface area contributed by atoms with Crippen LogP contribution in [0.5, 0.6) is 0 Å². The zero-order valence-electron chi connectivity index (χ0n) is 10.0. The summed E-state index contributed by atoms with van der Waals surface area (Å²) in [5, 5.41) is 3.36. The molecule has 0 fully saturated rings. The molecule has 2 aromatic rings. The largest absolute Gasteiger partial charge is 0.310 e. The van der Waals surface area contributed by atoms with E-state index < -0.39 is 0 Å². The average Bonchev–Trinajstić information content (AvgIpc) is 2.79. The van der Waals surface area contributed by atoms with Gasteiger partial charge < -0.3 is 5.32 Å². The molecule has 17 heavy (non-hydrogen) atoms. The Bertz CT molecular complexity index is 492. The summed E-state index contributed by atoms with van der Waals surface area (Å²) in [6.45, 7) is 5.15. The van der Waals surface area contributed by atoms with E-state index in [1.807, 2.05) is 18.2 Å². The number of rotatable bonds is 4. The van der Waals surface area contributed by atoms with Gasteiger partial charge in [-0.15, -0.1) is 11.3 Å². The Morgan fingerprint density at radius 2 is 2.00 bits per heavy atom. The second-order valence-electron chi connectivity index (χ2n) is 3.96. The number of thiophene rings is 1. The first-order valence-corrected chi connectivity index (χ1v) is 6.62. The fourth-order valence-corrected chi connectivity index (χ4v) is 2.86. The Balaban J connectivity index is 2.27. The van der Waals surface area contributed by atoms with Gasteiger partial charge in [-0.25, -0.2) is 4.39 Å². The SMILES string of the molecule is CCNC(C)c1ccc(-c2ccccc2F)s1. The van der Waals surface area contributed by atoms with E-state index in [1.54, 1.807) is 17.4 Å². The van der Waals surface area contributed by atoms with E-state index in [0.29, 0.717) is 11.6 Å². The topological polar surface area (TPSA) is 12.0 Å². The standard InChI is InChI=1S/C14H16FNS/c1-3-16-10(2)13-8-9-14(17-13)11-6-4-5-7-12(11)15/h4-10,16H,3H2,1-2H3. The molecular formula is C14H16FNS. The van der Waals surface area contributed by atoms with Crippen LogP contribution >= 0.6 is 11.3 Å². The van der Waals surface area contributed by atoms with E-state index >= 15 is 0 Å². The minimum atomic E-state index is -0.156. The van der Waals surface area contributed by atoms with Crippen LogP contribution in [0.2, 0.25) is 0 Å². The summed E-state index contributed by atoms with van der Waals surface area (Å²) >= 11 is 1.65. The van der Waals surface area contributed by atoms with Crippen LogP contribution in [0.15, 0.2) is 36.4 Å². The van der Waals surface area contributed by atoms with Crippen molar-refractivity contribution >= 4 is 11.3 Å². The Labute approximate surface area is 105 Å². The lowest BCUT2D eigenvalue weighted by atomic mass is 10.2. The Morgan fingerprint density at radius 1 is 1.24 bits per heavy atom. The number of benzene rings is 1. The molecule has 0 aliphatic heterocycles. The van der Waals surface area contributed by atoms with Crippen molar-refractivity contribution in [1.82, 2.24) is 5.32 Å². The van der Waals surface area contributed by atoms with Crippen molar-refractivity contribution < 1.29 is 4.39 Å². The molecule has 0 saturated heterocycles. The lowest BCUT2D eigenvalue weighted by molar-refractivity contribution is 0.607. The quantitative estimate of drug-likeness (QED) is 0.855. The van der Waals surface area contributed by atoms with Gasteiger partial charge in [-0.1, -0.05) is 25.1 Å². The third kappa shape index (κ3) is 2.73. The first kappa shape index (κ1) is 12.3. The molecule has 1 nitrogen and oxygen atoms in total. The highest BCUT2D eigenvalue weighted by Gasteiger charge is 2.10. The minimum absolute atomic E-state index is 0.156. The molecule has 0 aliphatic carbocycles. The van der Waals surface area contributed by atoms with Crippen LogP contribution < -0.4 is 5.32 Å². The van der Waals surface area contributed by atoms with Gasteiger partial charge in [-0.2, -0.15) is 0 Å². The van der Waals surface area contributed by atoms with Crippen molar-refractivity contribution in [3.8, 4) is 10.4 Å². The minimum Gasteiger partial charge on any atom is -0.310 e. The van der Waals surface area contributed by atoms with E-state index in [2.05, 4.69) is 25.2 Å². The smallest absolute Gasteiger partial charge is 0.131 e. The summed E-state index contributed by atoms with van der Waals surface area (Å²) in [5.41, 5.74) is 0.687. The highest BCUT2D eigenvalue weighted by Crippen LogP contribution is 2.32. The van der Waals surface area contributed by atoms with E-state index in [1.165, 1.54) is 10.9 Å². The molecule has 3 heteroatoms. The highest BCUT2D eigenvalue weighted by atomic mass is 32.1. The predicted molar refractivity (Wildman–Crippen MR) is 71.8 cm³/mol. The Morgan fingerprint density at radius 3 is 2.71 bits per heavy atom. The highest BCUT2D eigenvalue weighted by molar-refractivity contribution is 7.15. The summed E-state index contributed by atoms with van der Waals surface area (Å²) in [6, 6.07) is 11.3. The van der Waals surface area contributed by atoms with Crippen LogP contribution in [-0.2, 0) is 0 Å². The zero-order valence-corrected chi connectivity index (χ0v) is 10.9. The first-order valence-electron chi connectivity index (χ1n) is 5.80. The van der Waals surface area contributed by atoms with E-state index in [9.17, 15) is 4.39 Å². The van der Waals surface area contributed by atoms with Crippen molar-refractivity contribution in [2.45, 2.75) is 19.9 Å². The fraction of sp³-hybridized carbons (Fsp3) is 0.286. The molecule has 0 bridgehead atoms. The molecular weight excluding hydrogens is 233 g/mol. The third-order valence-electron chi connectivity index (χ3n) is 2.70. The molecule has 0 radical (unpaired) electrons.